The molecule has 27 heavy (non-hydrogen) atoms. The molecule has 0 saturated heterocycles. The van der Waals surface area contributed by atoms with Gasteiger partial charge in [-0.25, -0.2) is 12.8 Å². The number of nitrogens with zero attached hydrogens (tertiary/aromatic N) is 1. The van der Waals surface area contributed by atoms with E-state index < -0.39 is 21.7 Å². The standard InChI is InChI=1S/C17H13ClFN3O4S/c1-27(24,25)22-14-8-12(5-6-13(14)19)20-17(23)15-9-16(26-21-15)10-3-2-4-11(18)7-10/h2-9,22H,1H3,(H,20,23). The molecule has 10 heteroatoms. The Labute approximate surface area is 159 Å². The first-order valence-corrected chi connectivity index (χ1v) is 9.79. The Balaban J connectivity index is 1.79. The number of sulfonamides is 1. The van der Waals surface area contributed by atoms with E-state index in [2.05, 4.69) is 10.5 Å². The normalized spacial score (nSPS) is 11.2. The highest BCUT2D eigenvalue weighted by atomic mass is 35.5. The van der Waals surface area contributed by atoms with E-state index >= 15 is 0 Å². The molecule has 1 amide bonds. The highest BCUT2D eigenvalue weighted by Gasteiger charge is 2.15. The molecule has 2 aromatic carbocycles. The van der Waals surface area contributed by atoms with Gasteiger partial charge in [0.2, 0.25) is 10.0 Å². The Bertz CT molecular complexity index is 1110. The Morgan fingerprint density at radius 3 is 2.67 bits per heavy atom. The van der Waals surface area contributed by atoms with Crippen molar-refractivity contribution in [1.82, 2.24) is 5.16 Å². The van der Waals surface area contributed by atoms with Crippen LogP contribution in [0.5, 0.6) is 0 Å². The third-order valence-corrected chi connectivity index (χ3v) is 4.20. The van der Waals surface area contributed by atoms with Crippen LogP contribution in [0, 0.1) is 5.82 Å². The number of rotatable bonds is 5. The molecule has 7 nitrogen and oxygen atoms in total. The molecule has 1 aromatic heterocycles. The third kappa shape index (κ3) is 4.83. The second-order valence-electron chi connectivity index (χ2n) is 5.61. The van der Waals surface area contributed by atoms with Crippen molar-refractivity contribution < 1.29 is 22.1 Å². The van der Waals surface area contributed by atoms with Crippen LogP contribution in [0.25, 0.3) is 11.3 Å². The number of hydrogen-bond acceptors (Lipinski definition) is 5. The van der Waals surface area contributed by atoms with Gasteiger partial charge in [-0.1, -0.05) is 28.9 Å². The molecule has 0 atom stereocenters. The van der Waals surface area contributed by atoms with Crippen molar-refractivity contribution in [2.75, 3.05) is 16.3 Å². The number of amides is 1. The van der Waals surface area contributed by atoms with E-state index in [4.69, 9.17) is 16.1 Å². The smallest absolute Gasteiger partial charge is 0.277 e. The molecule has 0 aliphatic rings. The van der Waals surface area contributed by atoms with Gasteiger partial charge in [0.15, 0.2) is 11.5 Å². The number of halogens is 2. The van der Waals surface area contributed by atoms with Crippen LogP contribution in [0.3, 0.4) is 0 Å². The fraction of sp³-hybridized carbons (Fsp3) is 0.0588. The van der Waals surface area contributed by atoms with Crippen LogP contribution >= 0.6 is 11.6 Å². The maximum atomic E-state index is 13.7. The number of benzene rings is 2. The third-order valence-electron chi connectivity index (χ3n) is 3.37. The summed E-state index contributed by atoms with van der Waals surface area (Å²) < 4.78 is 43.4. The largest absolute Gasteiger partial charge is 0.355 e. The molecular weight excluding hydrogens is 397 g/mol. The summed E-state index contributed by atoms with van der Waals surface area (Å²) in [6, 6.07) is 11.7. The van der Waals surface area contributed by atoms with Gasteiger partial charge < -0.3 is 9.84 Å². The molecule has 0 spiro atoms. The van der Waals surface area contributed by atoms with Gasteiger partial charge >= 0.3 is 0 Å². The molecule has 0 radical (unpaired) electrons. The minimum Gasteiger partial charge on any atom is -0.355 e. The van der Waals surface area contributed by atoms with Gasteiger partial charge in [0.05, 0.1) is 11.9 Å². The number of carbonyl (C=O) groups excluding carboxylic acids is 1. The molecule has 140 valence electrons. The first-order chi connectivity index (χ1) is 12.7. The lowest BCUT2D eigenvalue weighted by molar-refractivity contribution is 0.101. The summed E-state index contributed by atoms with van der Waals surface area (Å²) in [5, 5.41) is 6.71. The van der Waals surface area contributed by atoms with Crippen molar-refractivity contribution in [2.24, 2.45) is 0 Å². The molecule has 0 unspecified atom stereocenters. The average molecular weight is 410 g/mol. The highest BCUT2D eigenvalue weighted by Crippen LogP contribution is 2.24. The quantitative estimate of drug-likeness (QED) is 0.668. The maximum absolute atomic E-state index is 13.7. The Morgan fingerprint density at radius 1 is 1.19 bits per heavy atom. The van der Waals surface area contributed by atoms with Crippen LogP contribution in [0.2, 0.25) is 5.02 Å². The van der Waals surface area contributed by atoms with E-state index in [1.165, 1.54) is 12.1 Å². The Kier molecular flexibility index (Phi) is 5.15. The molecular formula is C17H13ClFN3O4S. The van der Waals surface area contributed by atoms with Gasteiger partial charge in [-0.3, -0.25) is 9.52 Å². The summed E-state index contributed by atoms with van der Waals surface area (Å²) in [6.07, 6.45) is 0.893. The van der Waals surface area contributed by atoms with Crippen LogP contribution < -0.4 is 10.0 Å². The van der Waals surface area contributed by atoms with E-state index in [0.717, 1.165) is 18.4 Å². The molecule has 0 bridgehead atoms. The SMILES string of the molecule is CS(=O)(=O)Nc1cc(NC(=O)c2cc(-c3cccc(Cl)c3)on2)ccc1F. The van der Waals surface area contributed by atoms with E-state index in [9.17, 15) is 17.6 Å². The molecule has 0 aliphatic carbocycles. The summed E-state index contributed by atoms with van der Waals surface area (Å²) in [5.74, 6) is -1.03. The lowest BCUT2D eigenvalue weighted by atomic mass is 10.1. The van der Waals surface area contributed by atoms with Gasteiger partial charge in [-0.15, -0.1) is 0 Å². The van der Waals surface area contributed by atoms with Gasteiger partial charge in [0.1, 0.15) is 5.82 Å². The molecule has 3 rings (SSSR count). The average Bonchev–Trinajstić information content (AvgIpc) is 3.07. The maximum Gasteiger partial charge on any atom is 0.277 e. The number of nitrogens with one attached hydrogen (secondary N) is 2. The van der Waals surface area contributed by atoms with E-state index in [1.807, 2.05) is 4.72 Å². The molecule has 3 aromatic rings. The van der Waals surface area contributed by atoms with E-state index in [0.29, 0.717) is 16.3 Å². The molecule has 2 N–H and O–H groups in total. The second kappa shape index (κ2) is 7.37. The number of aromatic nitrogens is 1. The molecule has 0 saturated carbocycles. The van der Waals surface area contributed by atoms with Gasteiger partial charge in [-0.05, 0) is 30.3 Å². The second-order valence-corrected chi connectivity index (χ2v) is 7.79. The molecule has 1 heterocycles. The minimum absolute atomic E-state index is 0.00748. The van der Waals surface area contributed by atoms with Crippen LogP contribution in [0.1, 0.15) is 10.5 Å². The van der Waals surface area contributed by atoms with Gasteiger partial charge in [-0.2, -0.15) is 0 Å². The predicted molar refractivity (Wildman–Crippen MR) is 99.8 cm³/mol. The summed E-state index contributed by atoms with van der Waals surface area (Å²) in [7, 11) is -3.67. The van der Waals surface area contributed by atoms with Crippen molar-refractivity contribution in [1.29, 1.82) is 0 Å². The lowest BCUT2D eigenvalue weighted by Crippen LogP contribution is -2.14. The monoisotopic (exact) mass is 409 g/mol. The zero-order valence-corrected chi connectivity index (χ0v) is 15.4. The van der Waals surface area contributed by atoms with Crippen molar-refractivity contribution >= 4 is 38.9 Å². The van der Waals surface area contributed by atoms with E-state index in [-0.39, 0.29) is 17.1 Å². The minimum atomic E-state index is -3.67. The topological polar surface area (TPSA) is 101 Å². The first-order valence-electron chi connectivity index (χ1n) is 7.52. The highest BCUT2D eigenvalue weighted by molar-refractivity contribution is 7.92. The number of hydrogen-bond donors (Lipinski definition) is 2. The van der Waals surface area contributed by atoms with E-state index in [1.54, 1.807) is 24.3 Å². The predicted octanol–water partition coefficient (Wildman–Crippen LogP) is 3.76. The number of anilines is 2. The van der Waals surface area contributed by atoms with Gasteiger partial charge in [0, 0.05) is 22.3 Å². The summed E-state index contributed by atoms with van der Waals surface area (Å²) in [6.45, 7) is 0. The zero-order valence-electron chi connectivity index (χ0n) is 13.9. The van der Waals surface area contributed by atoms with Crippen LogP contribution in [-0.4, -0.2) is 25.7 Å². The Morgan fingerprint density at radius 2 is 1.96 bits per heavy atom. The summed E-state index contributed by atoms with van der Waals surface area (Å²) >= 11 is 5.92. The lowest BCUT2D eigenvalue weighted by Gasteiger charge is -2.08. The summed E-state index contributed by atoms with van der Waals surface area (Å²) in [4.78, 5) is 12.3. The number of carbonyl (C=O) groups is 1. The fourth-order valence-corrected chi connectivity index (χ4v) is 2.98. The van der Waals surface area contributed by atoms with Crippen LogP contribution in [0.4, 0.5) is 15.8 Å². The van der Waals surface area contributed by atoms with Crippen molar-refractivity contribution in [2.45, 2.75) is 0 Å². The van der Waals surface area contributed by atoms with Crippen LogP contribution in [0.15, 0.2) is 53.1 Å². The zero-order chi connectivity index (χ0) is 19.6. The van der Waals surface area contributed by atoms with Gasteiger partial charge in [0.25, 0.3) is 5.91 Å². The first kappa shape index (κ1) is 18.9. The van der Waals surface area contributed by atoms with Crippen molar-refractivity contribution in [3.8, 4) is 11.3 Å². The van der Waals surface area contributed by atoms with Crippen LogP contribution in [-0.2, 0) is 10.0 Å². The fourth-order valence-electron chi connectivity index (χ4n) is 2.24. The summed E-state index contributed by atoms with van der Waals surface area (Å²) in [5.41, 5.74) is 0.539. The van der Waals surface area contributed by atoms with Crippen molar-refractivity contribution in [3.05, 3.63) is 65.1 Å². The molecule has 0 aliphatic heterocycles. The van der Waals surface area contributed by atoms with Crippen molar-refractivity contribution in [3.63, 3.8) is 0 Å². The molecule has 0 fully saturated rings. The Hall–Kier alpha value is -2.91.